The van der Waals surface area contributed by atoms with E-state index in [0.717, 1.165) is 25.7 Å². The Bertz CT molecular complexity index is 362. The van der Waals surface area contributed by atoms with Crippen molar-refractivity contribution in [3.63, 3.8) is 0 Å². The first kappa shape index (κ1) is 17.7. The van der Waals surface area contributed by atoms with E-state index in [-0.39, 0.29) is 23.8 Å². The van der Waals surface area contributed by atoms with Crippen LogP contribution in [0, 0.1) is 17.8 Å². The second-order valence-corrected chi connectivity index (χ2v) is 5.59. The fraction of sp³-hybridized carbons (Fsp3) is 0.765. The third-order valence-electron chi connectivity index (χ3n) is 4.04. The van der Waals surface area contributed by atoms with Crippen molar-refractivity contribution >= 4 is 11.9 Å². The minimum Gasteiger partial charge on any atom is -0.466 e. The van der Waals surface area contributed by atoms with E-state index in [4.69, 9.17) is 9.47 Å². The van der Waals surface area contributed by atoms with Crippen LogP contribution in [0.3, 0.4) is 0 Å². The van der Waals surface area contributed by atoms with Crippen LogP contribution < -0.4 is 0 Å². The summed E-state index contributed by atoms with van der Waals surface area (Å²) in [7, 11) is 0. The van der Waals surface area contributed by atoms with E-state index in [1.54, 1.807) is 13.8 Å². The summed E-state index contributed by atoms with van der Waals surface area (Å²) in [6.07, 6.45) is 8.67. The molecular formula is C17H28O4. The number of rotatable bonds is 4. The molecule has 1 aliphatic rings. The van der Waals surface area contributed by atoms with E-state index in [9.17, 15) is 9.59 Å². The number of carbonyl (C=O) groups is 2. The summed E-state index contributed by atoms with van der Waals surface area (Å²) in [6.45, 7) is 6.31. The van der Waals surface area contributed by atoms with E-state index in [1.165, 1.54) is 0 Å². The van der Waals surface area contributed by atoms with Gasteiger partial charge in [-0.2, -0.15) is 0 Å². The lowest BCUT2D eigenvalue weighted by Gasteiger charge is -2.29. The van der Waals surface area contributed by atoms with Gasteiger partial charge in [0.1, 0.15) is 0 Å². The molecule has 4 nitrogen and oxygen atoms in total. The van der Waals surface area contributed by atoms with Crippen LogP contribution in [0.2, 0.25) is 0 Å². The number of hydrogen-bond acceptors (Lipinski definition) is 4. The zero-order valence-corrected chi connectivity index (χ0v) is 13.5. The molecule has 0 N–H and O–H groups in total. The topological polar surface area (TPSA) is 52.6 Å². The van der Waals surface area contributed by atoms with Crippen molar-refractivity contribution in [3.8, 4) is 0 Å². The maximum Gasteiger partial charge on any atom is 0.310 e. The fourth-order valence-corrected chi connectivity index (χ4v) is 2.95. The third kappa shape index (κ3) is 5.52. The van der Waals surface area contributed by atoms with Crippen LogP contribution in [-0.2, 0) is 19.1 Å². The molecule has 0 amide bonds. The van der Waals surface area contributed by atoms with Crippen LogP contribution in [-0.4, -0.2) is 25.2 Å². The first-order chi connectivity index (χ1) is 10.1. The van der Waals surface area contributed by atoms with Gasteiger partial charge in [0.25, 0.3) is 0 Å². The highest BCUT2D eigenvalue weighted by Crippen LogP contribution is 2.32. The molecule has 120 valence electrons. The molecule has 0 aromatic rings. The average molecular weight is 296 g/mol. The lowest BCUT2D eigenvalue weighted by atomic mass is 9.77. The molecule has 0 aliphatic heterocycles. The molecular weight excluding hydrogens is 268 g/mol. The monoisotopic (exact) mass is 296 g/mol. The maximum atomic E-state index is 12.3. The SMILES string of the molecule is CCOC(=O)C1CCC/C=C\CCC(C)C1C(=O)OCC. The fourth-order valence-electron chi connectivity index (χ4n) is 2.95. The molecule has 0 radical (unpaired) electrons. The van der Waals surface area contributed by atoms with Gasteiger partial charge in [0.2, 0.25) is 0 Å². The molecule has 3 unspecified atom stereocenters. The Labute approximate surface area is 127 Å². The van der Waals surface area contributed by atoms with E-state index < -0.39 is 5.92 Å². The lowest BCUT2D eigenvalue weighted by molar-refractivity contribution is -0.163. The van der Waals surface area contributed by atoms with Gasteiger partial charge < -0.3 is 9.47 Å². The normalized spacial score (nSPS) is 28.4. The molecule has 0 saturated heterocycles. The van der Waals surface area contributed by atoms with Gasteiger partial charge in [0.15, 0.2) is 0 Å². The zero-order chi connectivity index (χ0) is 15.7. The Kier molecular flexibility index (Phi) is 8.09. The first-order valence-electron chi connectivity index (χ1n) is 8.10. The molecule has 4 heteroatoms. The number of ether oxygens (including phenoxy) is 2. The molecule has 0 spiro atoms. The van der Waals surface area contributed by atoms with E-state index in [0.29, 0.717) is 19.6 Å². The van der Waals surface area contributed by atoms with Crippen molar-refractivity contribution in [2.45, 2.75) is 52.9 Å². The van der Waals surface area contributed by atoms with Crippen molar-refractivity contribution in [2.24, 2.45) is 17.8 Å². The highest BCUT2D eigenvalue weighted by Gasteiger charge is 2.38. The summed E-state index contributed by atoms with van der Waals surface area (Å²) in [5, 5.41) is 0. The molecule has 0 saturated carbocycles. The molecule has 0 aromatic carbocycles. The third-order valence-corrected chi connectivity index (χ3v) is 4.04. The molecule has 21 heavy (non-hydrogen) atoms. The van der Waals surface area contributed by atoms with Gasteiger partial charge in [-0.25, -0.2) is 0 Å². The number of carbonyl (C=O) groups excluding carboxylic acids is 2. The highest BCUT2D eigenvalue weighted by molar-refractivity contribution is 5.82. The predicted octanol–water partition coefficient (Wildman–Crippen LogP) is 3.50. The largest absolute Gasteiger partial charge is 0.466 e. The Morgan fingerprint density at radius 3 is 2.29 bits per heavy atom. The smallest absolute Gasteiger partial charge is 0.310 e. The van der Waals surface area contributed by atoms with E-state index in [2.05, 4.69) is 12.2 Å². The van der Waals surface area contributed by atoms with Crippen molar-refractivity contribution < 1.29 is 19.1 Å². The van der Waals surface area contributed by atoms with Gasteiger partial charge in [0, 0.05) is 0 Å². The van der Waals surface area contributed by atoms with Gasteiger partial charge in [-0.3, -0.25) is 9.59 Å². The molecule has 1 aliphatic carbocycles. The summed E-state index contributed by atoms with van der Waals surface area (Å²) in [5.41, 5.74) is 0. The standard InChI is InChI=1S/C17H28O4/c1-4-20-16(18)14-12-10-8-6-7-9-11-13(3)15(14)17(19)21-5-2/h6-7,13-15H,4-5,8-12H2,1-3H3/b7-6-. The van der Waals surface area contributed by atoms with Gasteiger partial charge in [-0.15, -0.1) is 0 Å². The number of hydrogen-bond donors (Lipinski definition) is 0. The lowest BCUT2D eigenvalue weighted by Crippen LogP contribution is -2.37. The van der Waals surface area contributed by atoms with E-state index in [1.807, 2.05) is 6.92 Å². The average Bonchev–Trinajstić information content (AvgIpc) is 2.45. The maximum absolute atomic E-state index is 12.3. The van der Waals surface area contributed by atoms with Crippen molar-refractivity contribution in [3.05, 3.63) is 12.2 Å². The minimum atomic E-state index is -0.393. The van der Waals surface area contributed by atoms with Crippen LogP contribution in [0.5, 0.6) is 0 Å². The minimum absolute atomic E-state index is 0.112. The van der Waals surface area contributed by atoms with Crippen molar-refractivity contribution in [1.29, 1.82) is 0 Å². The van der Waals surface area contributed by atoms with Gasteiger partial charge in [0.05, 0.1) is 25.0 Å². The number of allylic oxidation sites excluding steroid dienone is 2. The van der Waals surface area contributed by atoms with Gasteiger partial charge in [-0.05, 0) is 51.9 Å². The molecule has 3 atom stereocenters. The Balaban J connectivity index is 2.97. The molecule has 0 aromatic heterocycles. The van der Waals surface area contributed by atoms with Crippen LogP contribution in [0.25, 0.3) is 0 Å². The molecule has 0 bridgehead atoms. The summed E-state index contributed by atoms with van der Waals surface area (Å²) < 4.78 is 10.4. The zero-order valence-electron chi connectivity index (χ0n) is 13.5. The predicted molar refractivity (Wildman–Crippen MR) is 81.6 cm³/mol. The summed E-state index contributed by atoms with van der Waals surface area (Å²) in [5.74, 6) is -1.18. The molecule has 1 rings (SSSR count). The highest BCUT2D eigenvalue weighted by atomic mass is 16.5. The van der Waals surface area contributed by atoms with Crippen LogP contribution in [0.1, 0.15) is 52.9 Å². The van der Waals surface area contributed by atoms with Crippen LogP contribution in [0.4, 0.5) is 0 Å². The van der Waals surface area contributed by atoms with Gasteiger partial charge in [-0.1, -0.05) is 19.1 Å². The second-order valence-electron chi connectivity index (χ2n) is 5.59. The Hall–Kier alpha value is -1.32. The Morgan fingerprint density at radius 2 is 1.62 bits per heavy atom. The summed E-state index contributed by atoms with van der Waals surface area (Å²) in [6, 6.07) is 0. The Morgan fingerprint density at radius 1 is 1.00 bits per heavy atom. The van der Waals surface area contributed by atoms with Crippen molar-refractivity contribution in [2.75, 3.05) is 13.2 Å². The van der Waals surface area contributed by atoms with Crippen LogP contribution >= 0.6 is 0 Å². The molecule has 0 fully saturated rings. The number of esters is 2. The van der Waals surface area contributed by atoms with Crippen LogP contribution in [0.15, 0.2) is 12.2 Å². The second kappa shape index (κ2) is 9.59. The summed E-state index contributed by atoms with van der Waals surface area (Å²) in [4.78, 5) is 24.6. The van der Waals surface area contributed by atoms with E-state index >= 15 is 0 Å². The molecule has 0 heterocycles. The van der Waals surface area contributed by atoms with Gasteiger partial charge >= 0.3 is 11.9 Å². The summed E-state index contributed by atoms with van der Waals surface area (Å²) >= 11 is 0. The van der Waals surface area contributed by atoms with Crippen molar-refractivity contribution in [1.82, 2.24) is 0 Å². The quantitative estimate of drug-likeness (QED) is 0.588. The first-order valence-corrected chi connectivity index (χ1v) is 8.10.